The topological polar surface area (TPSA) is 32.3 Å². The third kappa shape index (κ3) is 4.34. The molecular formula is C11H15BrN2O. The van der Waals surface area contributed by atoms with Crippen LogP contribution in [0, 0.1) is 0 Å². The fraction of sp³-hybridized carbons (Fsp3) is 0.364. The zero-order valence-corrected chi connectivity index (χ0v) is 10.3. The Balaban J connectivity index is 2.42. The number of carbonyl (C=O) groups is 1. The molecule has 15 heavy (non-hydrogen) atoms. The molecule has 0 aliphatic heterocycles. The molecule has 1 aromatic rings. The number of urea groups is 1. The monoisotopic (exact) mass is 270 g/mol. The first-order chi connectivity index (χ1) is 7.24. The van der Waals surface area contributed by atoms with E-state index >= 15 is 0 Å². The van der Waals surface area contributed by atoms with Crippen LogP contribution in [-0.4, -0.2) is 29.9 Å². The van der Waals surface area contributed by atoms with Crippen molar-refractivity contribution in [3.63, 3.8) is 0 Å². The van der Waals surface area contributed by atoms with Gasteiger partial charge in [-0.2, -0.15) is 0 Å². The van der Waals surface area contributed by atoms with E-state index in [2.05, 4.69) is 21.2 Å². The predicted octanol–water partition coefficient (Wildman–Crippen LogP) is 2.94. The first-order valence-corrected chi connectivity index (χ1v) is 5.99. The van der Waals surface area contributed by atoms with Gasteiger partial charge in [-0.25, -0.2) is 4.79 Å². The molecule has 0 aliphatic carbocycles. The molecule has 0 aliphatic rings. The summed E-state index contributed by atoms with van der Waals surface area (Å²) in [6.07, 6.45) is 0.957. The Morgan fingerprint density at radius 2 is 2.07 bits per heavy atom. The second-order valence-electron chi connectivity index (χ2n) is 3.26. The van der Waals surface area contributed by atoms with E-state index in [4.69, 9.17) is 0 Å². The molecule has 0 saturated carbocycles. The summed E-state index contributed by atoms with van der Waals surface area (Å²) >= 11 is 3.34. The number of nitrogens with zero attached hydrogens (tertiary/aromatic N) is 1. The Labute approximate surface area is 98.6 Å². The van der Waals surface area contributed by atoms with Gasteiger partial charge in [-0.15, -0.1) is 0 Å². The molecule has 1 rings (SSSR count). The second-order valence-corrected chi connectivity index (χ2v) is 4.05. The highest BCUT2D eigenvalue weighted by Gasteiger charge is 2.06. The smallest absolute Gasteiger partial charge is 0.321 e. The Bertz CT molecular complexity index is 303. The second kappa shape index (κ2) is 6.45. The van der Waals surface area contributed by atoms with Crippen LogP contribution in [0.4, 0.5) is 10.5 Å². The molecule has 0 bridgehead atoms. The van der Waals surface area contributed by atoms with Crippen LogP contribution in [0.15, 0.2) is 30.3 Å². The van der Waals surface area contributed by atoms with Gasteiger partial charge in [-0.05, 0) is 18.6 Å². The maximum Gasteiger partial charge on any atom is 0.321 e. The Kier molecular flexibility index (Phi) is 5.18. The number of anilines is 1. The molecule has 1 N–H and O–H groups in total. The Morgan fingerprint density at radius 3 is 2.67 bits per heavy atom. The van der Waals surface area contributed by atoms with E-state index in [0.717, 1.165) is 24.0 Å². The van der Waals surface area contributed by atoms with Gasteiger partial charge >= 0.3 is 6.03 Å². The molecule has 0 heterocycles. The van der Waals surface area contributed by atoms with Crippen molar-refractivity contribution >= 4 is 27.6 Å². The number of hydrogen-bond donors (Lipinski definition) is 1. The summed E-state index contributed by atoms with van der Waals surface area (Å²) < 4.78 is 0. The molecule has 0 unspecified atom stereocenters. The van der Waals surface area contributed by atoms with Crippen molar-refractivity contribution in [1.29, 1.82) is 0 Å². The SMILES string of the molecule is CN(CCCBr)C(=O)Nc1ccccc1. The third-order valence-corrected chi connectivity index (χ3v) is 2.56. The number of para-hydroxylation sites is 1. The highest BCUT2D eigenvalue weighted by atomic mass is 79.9. The standard InChI is InChI=1S/C11H15BrN2O/c1-14(9-5-8-12)11(15)13-10-6-3-2-4-7-10/h2-4,6-7H,5,8-9H2,1H3,(H,13,15). The van der Waals surface area contributed by atoms with Crippen molar-refractivity contribution < 1.29 is 4.79 Å². The quantitative estimate of drug-likeness (QED) is 0.839. The van der Waals surface area contributed by atoms with E-state index in [1.165, 1.54) is 0 Å². The molecule has 0 radical (unpaired) electrons. The number of hydrogen-bond acceptors (Lipinski definition) is 1. The summed E-state index contributed by atoms with van der Waals surface area (Å²) in [6, 6.07) is 9.39. The van der Waals surface area contributed by atoms with Gasteiger partial charge in [0, 0.05) is 24.6 Å². The first kappa shape index (κ1) is 12.0. The molecule has 1 aromatic carbocycles. The lowest BCUT2D eigenvalue weighted by molar-refractivity contribution is 0.222. The molecule has 3 nitrogen and oxygen atoms in total. The van der Waals surface area contributed by atoms with Crippen molar-refractivity contribution in [1.82, 2.24) is 4.90 Å². The minimum Gasteiger partial charge on any atom is -0.328 e. The summed E-state index contributed by atoms with van der Waals surface area (Å²) in [5.41, 5.74) is 0.827. The molecule has 2 amide bonds. The van der Waals surface area contributed by atoms with Crippen LogP contribution in [0.1, 0.15) is 6.42 Å². The largest absolute Gasteiger partial charge is 0.328 e. The highest BCUT2D eigenvalue weighted by molar-refractivity contribution is 9.09. The van der Waals surface area contributed by atoms with Crippen molar-refractivity contribution in [2.75, 3.05) is 24.2 Å². The average molecular weight is 271 g/mol. The lowest BCUT2D eigenvalue weighted by atomic mass is 10.3. The molecule has 0 fully saturated rings. The van der Waals surface area contributed by atoms with Crippen molar-refractivity contribution in [3.8, 4) is 0 Å². The molecular weight excluding hydrogens is 256 g/mol. The maximum atomic E-state index is 11.6. The van der Waals surface area contributed by atoms with Gasteiger partial charge < -0.3 is 10.2 Å². The van der Waals surface area contributed by atoms with E-state index in [1.54, 1.807) is 11.9 Å². The normalized spacial score (nSPS) is 9.73. The van der Waals surface area contributed by atoms with Gasteiger partial charge in [0.2, 0.25) is 0 Å². The van der Waals surface area contributed by atoms with Crippen LogP contribution in [0.5, 0.6) is 0 Å². The lowest BCUT2D eigenvalue weighted by Crippen LogP contribution is -2.32. The summed E-state index contributed by atoms with van der Waals surface area (Å²) in [5, 5.41) is 3.73. The van der Waals surface area contributed by atoms with Crippen molar-refractivity contribution in [2.24, 2.45) is 0 Å². The van der Waals surface area contributed by atoms with Crippen molar-refractivity contribution in [3.05, 3.63) is 30.3 Å². The van der Waals surface area contributed by atoms with E-state index in [0.29, 0.717) is 0 Å². The number of alkyl halides is 1. The molecule has 4 heteroatoms. The van der Waals surface area contributed by atoms with Crippen LogP contribution in [0.3, 0.4) is 0 Å². The van der Waals surface area contributed by atoms with E-state index in [-0.39, 0.29) is 6.03 Å². The first-order valence-electron chi connectivity index (χ1n) is 4.87. The fourth-order valence-corrected chi connectivity index (χ4v) is 1.39. The van der Waals surface area contributed by atoms with Gasteiger partial charge in [0.1, 0.15) is 0 Å². The fourth-order valence-electron chi connectivity index (χ4n) is 1.14. The minimum atomic E-state index is -0.0675. The summed E-state index contributed by atoms with van der Waals surface area (Å²) in [5.74, 6) is 0. The Hall–Kier alpha value is -1.03. The molecule has 0 spiro atoms. The van der Waals surface area contributed by atoms with Gasteiger partial charge in [0.25, 0.3) is 0 Å². The molecule has 0 aromatic heterocycles. The van der Waals surface area contributed by atoms with Crippen molar-refractivity contribution in [2.45, 2.75) is 6.42 Å². The van der Waals surface area contributed by atoms with E-state index in [1.807, 2.05) is 30.3 Å². The van der Waals surface area contributed by atoms with Crippen LogP contribution >= 0.6 is 15.9 Å². The zero-order chi connectivity index (χ0) is 11.1. The van der Waals surface area contributed by atoms with Gasteiger partial charge in [0.05, 0.1) is 0 Å². The highest BCUT2D eigenvalue weighted by Crippen LogP contribution is 2.06. The maximum absolute atomic E-state index is 11.6. The van der Waals surface area contributed by atoms with Gasteiger partial charge in [-0.1, -0.05) is 34.1 Å². The van der Waals surface area contributed by atoms with E-state index in [9.17, 15) is 4.79 Å². The molecule has 0 atom stereocenters. The number of carbonyl (C=O) groups excluding carboxylic acids is 1. The number of amides is 2. The molecule has 82 valence electrons. The lowest BCUT2D eigenvalue weighted by Gasteiger charge is -2.17. The predicted molar refractivity (Wildman–Crippen MR) is 66.5 cm³/mol. The summed E-state index contributed by atoms with van der Waals surface area (Å²) in [7, 11) is 1.79. The number of nitrogens with one attached hydrogen (secondary N) is 1. The summed E-state index contributed by atoms with van der Waals surface area (Å²) in [4.78, 5) is 13.3. The van der Waals surface area contributed by atoms with Gasteiger partial charge in [0.15, 0.2) is 0 Å². The average Bonchev–Trinajstić information content (AvgIpc) is 2.27. The number of halogens is 1. The van der Waals surface area contributed by atoms with Gasteiger partial charge in [-0.3, -0.25) is 0 Å². The van der Waals surface area contributed by atoms with Crippen LogP contribution in [-0.2, 0) is 0 Å². The Morgan fingerprint density at radius 1 is 1.40 bits per heavy atom. The third-order valence-electron chi connectivity index (χ3n) is 2.00. The number of benzene rings is 1. The van der Waals surface area contributed by atoms with Crippen LogP contribution in [0.2, 0.25) is 0 Å². The summed E-state index contributed by atoms with van der Waals surface area (Å²) in [6.45, 7) is 0.754. The van der Waals surface area contributed by atoms with Crippen LogP contribution in [0.25, 0.3) is 0 Å². The zero-order valence-electron chi connectivity index (χ0n) is 8.74. The number of rotatable bonds is 4. The van der Waals surface area contributed by atoms with Crippen LogP contribution < -0.4 is 5.32 Å². The minimum absolute atomic E-state index is 0.0675. The molecule has 0 saturated heterocycles. The van der Waals surface area contributed by atoms with E-state index < -0.39 is 0 Å².